The topological polar surface area (TPSA) is 46.5 Å². The van der Waals surface area contributed by atoms with Crippen LogP contribution < -0.4 is 15.2 Å². The Balaban J connectivity index is 1.58. The second kappa shape index (κ2) is 8.39. The van der Waals surface area contributed by atoms with Crippen molar-refractivity contribution in [2.75, 3.05) is 18.0 Å². The zero-order valence-electron chi connectivity index (χ0n) is 15.4. The minimum absolute atomic E-state index is 0.00139. The van der Waals surface area contributed by atoms with E-state index in [0.717, 1.165) is 17.8 Å². The third-order valence-electron chi connectivity index (χ3n) is 5.04. The van der Waals surface area contributed by atoms with Crippen LogP contribution in [0.5, 0.6) is 0 Å². The number of aromatic nitrogens is 1. The van der Waals surface area contributed by atoms with E-state index in [9.17, 15) is 18.0 Å². The number of piperidine rings is 1. The van der Waals surface area contributed by atoms with E-state index in [1.54, 1.807) is 0 Å². The zero-order chi connectivity index (χ0) is 20.3. The van der Waals surface area contributed by atoms with Crippen molar-refractivity contribution in [2.45, 2.75) is 32.0 Å². The molecule has 28 heavy (non-hydrogen) atoms. The monoisotopic (exact) mass is 412 g/mol. The molecule has 1 amide bonds. The lowest BCUT2D eigenvalue weighted by molar-refractivity contribution is -0.367. The lowest BCUT2D eigenvalue weighted by atomic mass is 9.95. The number of aromatic amines is 1. The van der Waals surface area contributed by atoms with Gasteiger partial charge in [0, 0.05) is 5.92 Å². The van der Waals surface area contributed by atoms with Crippen molar-refractivity contribution < 1.29 is 22.9 Å². The first kappa shape index (κ1) is 20.5. The van der Waals surface area contributed by atoms with Gasteiger partial charge in [-0.3, -0.25) is 9.69 Å². The Morgan fingerprint density at radius 3 is 2.46 bits per heavy atom. The van der Waals surface area contributed by atoms with E-state index < -0.39 is 11.7 Å². The van der Waals surface area contributed by atoms with Gasteiger partial charge in [0.25, 0.3) is 5.82 Å². The number of halogens is 4. The normalized spacial score (nSPS) is 16.7. The molecule has 1 aromatic carbocycles. The number of H-pyrrole nitrogens is 1. The Kier molecular flexibility index (Phi) is 6.13. The molecule has 1 atom stereocenters. The maximum atomic E-state index is 12.8. The number of nitrogens with one attached hydrogen (secondary N) is 2. The van der Waals surface area contributed by atoms with Crippen molar-refractivity contribution in [2.24, 2.45) is 5.92 Å². The molecule has 1 aliphatic heterocycles. The molecule has 0 aliphatic carbocycles. The Morgan fingerprint density at radius 2 is 1.89 bits per heavy atom. The molecule has 8 heteroatoms. The first-order chi connectivity index (χ1) is 13.3. The van der Waals surface area contributed by atoms with Crippen LogP contribution in [-0.4, -0.2) is 19.0 Å². The number of hydrogen-bond donors (Lipinski definition) is 1. The summed E-state index contributed by atoms with van der Waals surface area (Å²) in [6.07, 6.45) is -2.31. The van der Waals surface area contributed by atoms with Crippen molar-refractivity contribution in [1.29, 1.82) is 0 Å². The number of alkyl halides is 3. The van der Waals surface area contributed by atoms with Crippen LogP contribution >= 0.6 is 11.6 Å². The zero-order valence-corrected chi connectivity index (χ0v) is 16.1. The second-order valence-electron chi connectivity index (χ2n) is 6.98. The SMILES string of the molecule is C[C@@H](NC(=O)C1CCN(c2[nH+]cc(C(F)(F)F)cc2Cl)CC1)c1ccccc1. The number of pyridine rings is 1. The predicted octanol–water partition coefficient (Wildman–Crippen LogP) is 4.27. The van der Waals surface area contributed by atoms with Crippen molar-refractivity contribution in [3.63, 3.8) is 0 Å². The molecule has 0 saturated carbocycles. The number of benzene rings is 1. The summed E-state index contributed by atoms with van der Waals surface area (Å²) in [5.41, 5.74) is 0.227. The molecule has 0 radical (unpaired) electrons. The molecule has 0 bridgehead atoms. The summed E-state index contributed by atoms with van der Waals surface area (Å²) in [5, 5.41) is 3.06. The highest BCUT2D eigenvalue weighted by molar-refractivity contribution is 6.32. The third kappa shape index (κ3) is 4.76. The van der Waals surface area contributed by atoms with Gasteiger partial charge in [-0.05, 0) is 31.4 Å². The van der Waals surface area contributed by atoms with Crippen LogP contribution in [0, 0.1) is 5.92 Å². The van der Waals surface area contributed by atoms with E-state index in [4.69, 9.17) is 11.6 Å². The third-order valence-corrected chi connectivity index (χ3v) is 5.33. The Hall–Kier alpha value is -2.28. The molecule has 3 rings (SSSR count). The Labute approximate surface area is 166 Å². The van der Waals surface area contributed by atoms with Crippen LogP contribution in [0.15, 0.2) is 42.6 Å². The van der Waals surface area contributed by atoms with E-state index in [1.165, 1.54) is 0 Å². The Morgan fingerprint density at radius 1 is 1.25 bits per heavy atom. The summed E-state index contributed by atoms with van der Waals surface area (Å²) >= 11 is 6.05. The van der Waals surface area contributed by atoms with Crippen molar-refractivity contribution in [3.05, 3.63) is 58.7 Å². The van der Waals surface area contributed by atoms with E-state index in [1.807, 2.05) is 42.2 Å². The summed E-state index contributed by atoms with van der Waals surface area (Å²) in [6, 6.07) is 10.6. The molecule has 0 unspecified atom stereocenters. The molecule has 4 nitrogen and oxygen atoms in total. The first-order valence-electron chi connectivity index (χ1n) is 9.14. The van der Waals surface area contributed by atoms with Crippen LogP contribution in [0.25, 0.3) is 0 Å². The molecule has 2 aromatic rings. The maximum absolute atomic E-state index is 12.8. The molecule has 2 heterocycles. The summed E-state index contributed by atoms with van der Waals surface area (Å²) < 4.78 is 38.3. The number of carbonyl (C=O) groups is 1. The van der Waals surface area contributed by atoms with Gasteiger partial charge in [-0.15, -0.1) is 0 Å². The highest BCUT2D eigenvalue weighted by Crippen LogP contribution is 2.33. The van der Waals surface area contributed by atoms with E-state index >= 15 is 0 Å². The number of carbonyl (C=O) groups excluding carboxylic acids is 1. The van der Waals surface area contributed by atoms with Gasteiger partial charge in [-0.25, -0.2) is 4.98 Å². The van der Waals surface area contributed by atoms with Crippen molar-refractivity contribution in [1.82, 2.24) is 5.32 Å². The van der Waals surface area contributed by atoms with E-state index in [0.29, 0.717) is 31.7 Å². The van der Waals surface area contributed by atoms with E-state index in [-0.39, 0.29) is 22.9 Å². The summed E-state index contributed by atoms with van der Waals surface area (Å²) in [4.78, 5) is 17.1. The molecule has 0 spiro atoms. The van der Waals surface area contributed by atoms with Gasteiger partial charge >= 0.3 is 6.18 Å². The lowest BCUT2D eigenvalue weighted by Gasteiger charge is -2.28. The smallest absolute Gasteiger partial charge is 0.349 e. The summed E-state index contributed by atoms with van der Waals surface area (Å²) in [7, 11) is 0. The molecule has 1 fully saturated rings. The fraction of sp³-hybridized carbons (Fsp3) is 0.400. The highest BCUT2D eigenvalue weighted by atomic mass is 35.5. The predicted molar refractivity (Wildman–Crippen MR) is 101 cm³/mol. The minimum Gasteiger partial charge on any atom is -0.349 e. The largest absolute Gasteiger partial charge is 0.419 e. The van der Waals surface area contributed by atoms with Gasteiger partial charge in [0.05, 0.1) is 24.7 Å². The standard InChI is InChI=1S/C20H21ClF3N3O/c1-13(14-5-3-2-4-6-14)26-19(28)15-7-9-27(10-8-15)18-17(21)11-16(12-25-18)20(22,23)24/h2-6,11-13,15H,7-10H2,1H3,(H,26,28)/p+1/t13-/m1/s1. The number of amides is 1. The molecule has 150 valence electrons. The van der Waals surface area contributed by atoms with Crippen molar-refractivity contribution in [3.8, 4) is 0 Å². The van der Waals surface area contributed by atoms with Gasteiger partial charge in [0.2, 0.25) is 5.91 Å². The average molecular weight is 413 g/mol. The van der Waals surface area contributed by atoms with Gasteiger partial charge in [-0.2, -0.15) is 13.2 Å². The van der Waals surface area contributed by atoms with Crippen LogP contribution in [0.3, 0.4) is 0 Å². The number of rotatable bonds is 4. The van der Waals surface area contributed by atoms with Crippen LogP contribution in [0.2, 0.25) is 5.02 Å². The fourth-order valence-electron chi connectivity index (χ4n) is 3.39. The van der Waals surface area contributed by atoms with Crippen LogP contribution in [0.4, 0.5) is 19.0 Å². The van der Waals surface area contributed by atoms with Crippen molar-refractivity contribution >= 4 is 23.3 Å². The molecular weight excluding hydrogens is 391 g/mol. The maximum Gasteiger partial charge on any atom is 0.419 e. The number of nitrogens with zero attached hydrogens (tertiary/aromatic N) is 1. The van der Waals surface area contributed by atoms with Gasteiger partial charge in [-0.1, -0.05) is 41.9 Å². The van der Waals surface area contributed by atoms with Gasteiger partial charge in [0.1, 0.15) is 11.2 Å². The van der Waals surface area contributed by atoms with Gasteiger partial charge in [0.15, 0.2) is 0 Å². The number of hydrogen-bond acceptors (Lipinski definition) is 2. The Bertz CT molecular complexity index is 821. The number of anilines is 1. The first-order valence-corrected chi connectivity index (χ1v) is 9.52. The van der Waals surface area contributed by atoms with Crippen LogP contribution in [-0.2, 0) is 11.0 Å². The molecule has 2 N–H and O–H groups in total. The van der Waals surface area contributed by atoms with Gasteiger partial charge < -0.3 is 5.32 Å². The molecular formula is C20H22ClF3N3O+. The van der Waals surface area contributed by atoms with E-state index in [2.05, 4.69) is 10.3 Å². The average Bonchev–Trinajstić information content (AvgIpc) is 2.68. The quantitative estimate of drug-likeness (QED) is 0.815. The summed E-state index contributed by atoms with van der Waals surface area (Å²) in [5.74, 6) is 0.320. The second-order valence-corrected chi connectivity index (χ2v) is 7.39. The van der Waals surface area contributed by atoms with Crippen LogP contribution in [0.1, 0.15) is 36.9 Å². The molecule has 1 aromatic heterocycles. The molecule has 1 aliphatic rings. The highest BCUT2D eigenvalue weighted by Gasteiger charge is 2.35. The fourth-order valence-corrected chi connectivity index (χ4v) is 3.68. The lowest BCUT2D eigenvalue weighted by Crippen LogP contribution is -2.43. The molecule has 1 saturated heterocycles. The summed E-state index contributed by atoms with van der Waals surface area (Å²) in [6.45, 7) is 3.03. The minimum atomic E-state index is -4.45.